The number of nitro groups is 2. The van der Waals surface area contributed by atoms with E-state index in [9.17, 15) is 29.8 Å². The minimum absolute atomic E-state index is 0.266. The molecule has 118 valence electrons. The number of hydrazine groups is 1. The Morgan fingerprint density at radius 1 is 1.17 bits per heavy atom. The van der Waals surface area contributed by atoms with Gasteiger partial charge in [-0.2, -0.15) is 0 Å². The average Bonchev–Trinajstić information content (AvgIpc) is 2.52. The molecule has 1 aromatic heterocycles. The Kier molecular flexibility index (Phi) is 4.26. The van der Waals surface area contributed by atoms with Crippen molar-refractivity contribution in [2.45, 2.75) is 0 Å². The maximum Gasteiger partial charge on any atom is 0.377 e. The number of hydrogen-bond donors (Lipinski definition) is 3. The van der Waals surface area contributed by atoms with E-state index in [1.54, 1.807) is 0 Å². The van der Waals surface area contributed by atoms with E-state index in [0.717, 1.165) is 12.4 Å². The Bertz CT molecular complexity index is 847. The van der Waals surface area contributed by atoms with Gasteiger partial charge in [-0.15, -0.1) is 0 Å². The molecule has 0 atom stereocenters. The summed E-state index contributed by atoms with van der Waals surface area (Å²) in [5.74, 6) is -1.43. The van der Waals surface area contributed by atoms with Gasteiger partial charge in [0.2, 0.25) is 5.82 Å². The summed E-state index contributed by atoms with van der Waals surface area (Å²) < 4.78 is 0. The van der Waals surface area contributed by atoms with E-state index >= 15 is 0 Å². The van der Waals surface area contributed by atoms with Crippen LogP contribution in [-0.2, 0) is 0 Å². The fraction of sp³-hybridized carbons (Fsp3) is 0. The number of nitro benzene ring substituents is 1. The van der Waals surface area contributed by atoms with Crippen LogP contribution in [0.1, 0.15) is 10.4 Å². The summed E-state index contributed by atoms with van der Waals surface area (Å²) in [7, 11) is 0. The van der Waals surface area contributed by atoms with Gasteiger partial charge in [0.25, 0.3) is 11.6 Å². The number of anilines is 1. The highest BCUT2D eigenvalue weighted by Gasteiger charge is 2.23. The molecule has 1 aromatic carbocycles. The first kappa shape index (κ1) is 15.6. The second-order valence-corrected chi connectivity index (χ2v) is 4.04. The van der Waals surface area contributed by atoms with Gasteiger partial charge in [-0.05, 0) is 6.07 Å². The lowest BCUT2D eigenvalue weighted by molar-refractivity contribution is -0.385. The molecule has 0 bridgehead atoms. The van der Waals surface area contributed by atoms with Crippen molar-refractivity contribution >= 4 is 23.1 Å². The van der Waals surface area contributed by atoms with Gasteiger partial charge in [-0.3, -0.25) is 40.7 Å². The van der Waals surface area contributed by atoms with Crippen molar-refractivity contribution in [2.24, 2.45) is 0 Å². The molecule has 0 unspecified atom stereocenters. The first-order chi connectivity index (χ1) is 10.9. The smallest absolute Gasteiger partial charge is 0.307 e. The van der Waals surface area contributed by atoms with Crippen molar-refractivity contribution in [1.82, 2.24) is 15.4 Å². The molecular weight excluding hydrogens is 312 g/mol. The fourth-order valence-corrected chi connectivity index (χ4v) is 1.66. The number of carbonyl (C=O) groups excluding carboxylic acids is 1. The highest BCUT2D eigenvalue weighted by Crippen LogP contribution is 2.18. The predicted molar refractivity (Wildman–Crippen MR) is 75.7 cm³/mol. The minimum atomic E-state index is -1.02. The molecule has 1 heterocycles. The van der Waals surface area contributed by atoms with Crippen molar-refractivity contribution in [3.05, 3.63) is 66.7 Å². The van der Waals surface area contributed by atoms with Gasteiger partial charge in [0, 0.05) is 6.07 Å². The van der Waals surface area contributed by atoms with Gasteiger partial charge in [0.15, 0.2) is 0 Å². The summed E-state index contributed by atoms with van der Waals surface area (Å²) in [5, 5.41) is 21.7. The number of nitrogens with one attached hydrogen (secondary N) is 3. The minimum Gasteiger partial charge on any atom is -0.307 e. The number of nitrogens with zero attached hydrogens (tertiary/aromatic N) is 3. The average molecular weight is 320 g/mol. The molecule has 0 aliphatic heterocycles. The summed E-state index contributed by atoms with van der Waals surface area (Å²) >= 11 is 0. The third-order valence-corrected chi connectivity index (χ3v) is 2.65. The van der Waals surface area contributed by atoms with Crippen LogP contribution in [0, 0.1) is 20.2 Å². The maximum absolute atomic E-state index is 11.9. The molecule has 0 saturated heterocycles. The second-order valence-electron chi connectivity index (χ2n) is 4.04. The highest BCUT2D eigenvalue weighted by molar-refractivity contribution is 5.98. The van der Waals surface area contributed by atoms with E-state index in [-0.39, 0.29) is 5.56 Å². The molecule has 2 aromatic rings. The summed E-state index contributed by atoms with van der Waals surface area (Å²) in [4.78, 5) is 48.8. The molecule has 0 fully saturated rings. The molecule has 12 heteroatoms. The second kappa shape index (κ2) is 6.30. The zero-order valence-electron chi connectivity index (χ0n) is 11.2. The van der Waals surface area contributed by atoms with Crippen LogP contribution < -0.4 is 16.4 Å². The lowest BCUT2D eigenvalue weighted by Gasteiger charge is -2.07. The quantitative estimate of drug-likeness (QED) is 0.522. The normalized spacial score (nSPS) is 9.91. The molecule has 0 spiro atoms. The number of aromatic nitrogens is 2. The monoisotopic (exact) mass is 320 g/mol. The Morgan fingerprint density at radius 2 is 1.87 bits per heavy atom. The molecule has 12 nitrogen and oxygen atoms in total. The number of amides is 1. The van der Waals surface area contributed by atoms with Crippen LogP contribution >= 0.6 is 0 Å². The van der Waals surface area contributed by atoms with Crippen LogP contribution in [0.15, 0.2) is 35.4 Å². The molecule has 2 rings (SSSR count). The SMILES string of the molecule is O=C(NNc1nc[nH]c(=O)c1[N+](=O)[O-])c1ccccc1[N+](=O)[O-]. The Hall–Kier alpha value is -3.83. The van der Waals surface area contributed by atoms with Crippen molar-refractivity contribution in [3.8, 4) is 0 Å². The van der Waals surface area contributed by atoms with Crippen LogP contribution in [0.4, 0.5) is 17.2 Å². The van der Waals surface area contributed by atoms with Crippen molar-refractivity contribution in [3.63, 3.8) is 0 Å². The van der Waals surface area contributed by atoms with E-state index < -0.39 is 38.5 Å². The number of H-pyrrole nitrogens is 1. The van der Waals surface area contributed by atoms with Crippen LogP contribution in [-0.4, -0.2) is 25.7 Å². The first-order valence-electron chi connectivity index (χ1n) is 5.93. The number of para-hydroxylation sites is 1. The number of carbonyl (C=O) groups is 1. The highest BCUT2D eigenvalue weighted by atomic mass is 16.6. The zero-order valence-corrected chi connectivity index (χ0v) is 11.2. The largest absolute Gasteiger partial charge is 0.377 e. The predicted octanol–water partition coefficient (Wildman–Crippen LogP) is 0.343. The van der Waals surface area contributed by atoms with Gasteiger partial charge in [0.1, 0.15) is 5.56 Å². The van der Waals surface area contributed by atoms with Crippen LogP contribution in [0.2, 0.25) is 0 Å². The van der Waals surface area contributed by atoms with E-state index in [4.69, 9.17) is 0 Å². The van der Waals surface area contributed by atoms with Crippen LogP contribution in [0.5, 0.6) is 0 Å². The standard InChI is InChI=1S/C11H8N6O6/c18-10(6-3-1-2-4-7(6)16(20)21)15-14-9-8(17(22)23)11(19)13-5-12-9/h1-5H,(H,15,18)(H2,12,13,14,19). The van der Waals surface area contributed by atoms with Gasteiger partial charge < -0.3 is 4.98 Å². The van der Waals surface area contributed by atoms with Gasteiger partial charge in [-0.1, -0.05) is 12.1 Å². The van der Waals surface area contributed by atoms with Gasteiger partial charge in [0.05, 0.1) is 16.2 Å². The molecule has 23 heavy (non-hydrogen) atoms. The zero-order chi connectivity index (χ0) is 17.0. The number of hydrogen-bond acceptors (Lipinski definition) is 8. The van der Waals surface area contributed by atoms with Crippen LogP contribution in [0.25, 0.3) is 0 Å². The fourth-order valence-electron chi connectivity index (χ4n) is 1.66. The summed E-state index contributed by atoms with van der Waals surface area (Å²) in [5.41, 5.74) is 1.49. The molecule has 0 radical (unpaired) electrons. The maximum atomic E-state index is 11.9. The molecule has 3 N–H and O–H groups in total. The van der Waals surface area contributed by atoms with Crippen molar-refractivity contribution in [1.29, 1.82) is 0 Å². The third kappa shape index (κ3) is 3.26. The van der Waals surface area contributed by atoms with Gasteiger partial charge >= 0.3 is 11.2 Å². The number of benzene rings is 1. The summed E-state index contributed by atoms with van der Waals surface area (Å²) in [6, 6.07) is 5.12. The van der Waals surface area contributed by atoms with E-state index in [2.05, 4.69) is 10.4 Å². The van der Waals surface area contributed by atoms with E-state index in [1.165, 1.54) is 18.2 Å². The van der Waals surface area contributed by atoms with Gasteiger partial charge in [-0.25, -0.2) is 4.98 Å². The lowest BCUT2D eigenvalue weighted by Crippen LogP contribution is -2.31. The molecule has 0 saturated carbocycles. The lowest BCUT2D eigenvalue weighted by atomic mass is 10.2. The van der Waals surface area contributed by atoms with Crippen LogP contribution in [0.3, 0.4) is 0 Å². The molecular formula is C11H8N6O6. The molecule has 1 amide bonds. The Morgan fingerprint density at radius 3 is 2.52 bits per heavy atom. The van der Waals surface area contributed by atoms with E-state index in [0.29, 0.717) is 0 Å². The van der Waals surface area contributed by atoms with E-state index in [1.807, 2.05) is 10.4 Å². The first-order valence-corrected chi connectivity index (χ1v) is 5.93. The number of rotatable bonds is 5. The summed E-state index contributed by atoms with van der Waals surface area (Å²) in [6.07, 6.45) is 0.898. The molecule has 0 aliphatic rings. The topological polar surface area (TPSA) is 173 Å². The Balaban J connectivity index is 2.24. The van der Waals surface area contributed by atoms with Crippen molar-refractivity contribution in [2.75, 3.05) is 5.43 Å². The molecule has 0 aliphatic carbocycles. The Labute approximate surface area is 126 Å². The third-order valence-electron chi connectivity index (χ3n) is 2.65. The summed E-state index contributed by atoms with van der Waals surface area (Å²) in [6.45, 7) is 0. The van der Waals surface area contributed by atoms with Crippen molar-refractivity contribution < 1.29 is 14.6 Å². The number of aromatic amines is 1.